The lowest BCUT2D eigenvalue weighted by Gasteiger charge is -2.18. The number of rotatable bonds is 54. The van der Waals surface area contributed by atoms with Gasteiger partial charge in [0.2, 0.25) is 0 Å². The molecule has 0 amide bonds. The zero-order chi connectivity index (χ0) is 54.3. The Labute approximate surface area is 462 Å². The third kappa shape index (κ3) is 60.3. The highest BCUT2D eigenvalue weighted by Gasteiger charge is 2.19. The molecule has 0 aliphatic rings. The largest absolute Gasteiger partial charge is 0.462 e. The second kappa shape index (κ2) is 62.1. The Morgan fingerprint density at radius 1 is 0.280 bits per heavy atom. The molecule has 0 aromatic carbocycles. The topological polar surface area (TPSA) is 78.9 Å². The molecule has 1 unspecified atom stereocenters. The van der Waals surface area contributed by atoms with Crippen LogP contribution in [0, 0.1) is 0 Å². The van der Waals surface area contributed by atoms with Gasteiger partial charge in [-0.3, -0.25) is 14.4 Å². The van der Waals surface area contributed by atoms with E-state index in [4.69, 9.17) is 14.2 Å². The molecule has 0 aromatic rings. The summed E-state index contributed by atoms with van der Waals surface area (Å²) < 4.78 is 16.9. The third-order valence-electron chi connectivity index (χ3n) is 12.6. The summed E-state index contributed by atoms with van der Waals surface area (Å²) in [5.74, 6) is -0.937. The van der Waals surface area contributed by atoms with Crippen molar-refractivity contribution < 1.29 is 28.6 Å². The van der Waals surface area contributed by atoms with Crippen LogP contribution in [0.4, 0.5) is 0 Å². The molecule has 0 aliphatic carbocycles. The molecule has 424 valence electrons. The van der Waals surface area contributed by atoms with E-state index in [1.807, 2.05) is 0 Å². The molecule has 1 atom stereocenters. The van der Waals surface area contributed by atoms with E-state index in [2.05, 4.69) is 154 Å². The summed E-state index contributed by atoms with van der Waals surface area (Å²) >= 11 is 0. The van der Waals surface area contributed by atoms with Crippen molar-refractivity contribution in [2.75, 3.05) is 13.2 Å². The van der Waals surface area contributed by atoms with Gasteiger partial charge < -0.3 is 14.2 Å². The summed E-state index contributed by atoms with van der Waals surface area (Å²) in [6, 6.07) is 0. The van der Waals surface area contributed by atoms with Gasteiger partial charge in [0.25, 0.3) is 0 Å². The number of hydrogen-bond donors (Lipinski definition) is 0. The molecule has 75 heavy (non-hydrogen) atoms. The number of allylic oxidation sites excluding steroid dienone is 22. The average molecular weight is 1040 g/mol. The van der Waals surface area contributed by atoms with E-state index < -0.39 is 6.10 Å². The summed E-state index contributed by atoms with van der Waals surface area (Å²) in [5.41, 5.74) is 0. The normalized spacial score (nSPS) is 13.1. The summed E-state index contributed by atoms with van der Waals surface area (Å²) in [6.07, 6.45) is 87.3. The minimum atomic E-state index is -0.802. The van der Waals surface area contributed by atoms with E-state index in [0.29, 0.717) is 19.3 Å². The summed E-state index contributed by atoms with van der Waals surface area (Å²) in [7, 11) is 0. The third-order valence-corrected chi connectivity index (χ3v) is 12.6. The first-order chi connectivity index (χ1) is 37.0. The van der Waals surface area contributed by atoms with Crippen molar-refractivity contribution >= 4 is 17.9 Å². The van der Waals surface area contributed by atoms with Gasteiger partial charge in [0.15, 0.2) is 6.10 Å². The summed E-state index contributed by atoms with van der Waals surface area (Å²) in [6.45, 7) is 6.36. The van der Waals surface area contributed by atoms with Crippen molar-refractivity contribution in [3.63, 3.8) is 0 Å². The van der Waals surface area contributed by atoms with Crippen molar-refractivity contribution in [3.05, 3.63) is 134 Å². The van der Waals surface area contributed by atoms with Crippen LogP contribution in [0.3, 0.4) is 0 Å². The van der Waals surface area contributed by atoms with Gasteiger partial charge in [-0.25, -0.2) is 0 Å². The summed E-state index contributed by atoms with van der Waals surface area (Å²) in [5, 5.41) is 0. The Balaban J connectivity index is 4.44. The predicted octanol–water partition coefficient (Wildman–Crippen LogP) is 21.0. The van der Waals surface area contributed by atoms with Crippen molar-refractivity contribution in [3.8, 4) is 0 Å². The average Bonchev–Trinajstić information content (AvgIpc) is 3.41. The minimum absolute atomic E-state index is 0.0988. The fourth-order valence-corrected chi connectivity index (χ4v) is 8.08. The molecule has 0 heterocycles. The van der Waals surface area contributed by atoms with E-state index in [0.717, 1.165) is 161 Å². The van der Waals surface area contributed by atoms with Gasteiger partial charge >= 0.3 is 17.9 Å². The molecule has 0 rings (SSSR count). The number of ether oxygens (including phenoxy) is 3. The summed E-state index contributed by atoms with van der Waals surface area (Å²) in [4.78, 5) is 38.3. The van der Waals surface area contributed by atoms with Crippen molar-refractivity contribution in [2.24, 2.45) is 0 Å². The number of carbonyl (C=O) groups excluding carboxylic acids is 3. The highest BCUT2D eigenvalue weighted by molar-refractivity contribution is 5.71. The van der Waals surface area contributed by atoms with Crippen LogP contribution in [-0.2, 0) is 28.6 Å². The Bertz CT molecular complexity index is 1620. The van der Waals surface area contributed by atoms with Gasteiger partial charge in [-0.05, 0) is 135 Å². The fraction of sp³-hybridized carbons (Fsp3) is 0.638. The molecule has 0 spiro atoms. The Hall–Kier alpha value is -4.45. The molecule has 0 saturated heterocycles. The molecule has 0 N–H and O–H groups in total. The lowest BCUT2D eigenvalue weighted by Crippen LogP contribution is -2.30. The molecule has 0 bridgehead atoms. The van der Waals surface area contributed by atoms with Crippen LogP contribution in [0.1, 0.15) is 265 Å². The molecule has 0 fully saturated rings. The minimum Gasteiger partial charge on any atom is -0.462 e. The molecular formula is C69H112O6. The lowest BCUT2D eigenvalue weighted by atomic mass is 10.1. The number of carbonyl (C=O) groups is 3. The van der Waals surface area contributed by atoms with E-state index >= 15 is 0 Å². The van der Waals surface area contributed by atoms with Crippen LogP contribution < -0.4 is 0 Å². The first-order valence-electron chi connectivity index (χ1n) is 30.7. The van der Waals surface area contributed by atoms with Gasteiger partial charge in [-0.2, -0.15) is 0 Å². The predicted molar refractivity (Wildman–Crippen MR) is 325 cm³/mol. The first kappa shape index (κ1) is 70.5. The number of hydrogen-bond acceptors (Lipinski definition) is 6. The van der Waals surface area contributed by atoms with Gasteiger partial charge in [-0.15, -0.1) is 0 Å². The lowest BCUT2D eigenvalue weighted by molar-refractivity contribution is -0.167. The number of unbranched alkanes of at least 4 members (excludes halogenated alkanes) is 21. The van der Waals surface area contributed by atoms with E-state index in [1.165, 1.54) is 64.2 Å². The molecule has 6 nitrogen and oxygen atoms in total. The van der Waals surface area contributed by atoms with Crippen LogP contribution in [0.25, 0.3) is 0 Å². The van der Waals surface area contributed by atoms with Crippen LogP contribution in [0.2, 0.25) is 0 Å². The van der Waals surface area contributed by atoms with Gasteiger partial charge in [-0.1, -0.05) is 244 Å². The quantitative estimate of drug-likeness (QED) is 0.0261. The Morgan fingerprint density at radius 2 is 0.520 bits per heavy atom. The van der Waals surface area contributed by atoms with Crippen LogP contribution in [0.15, 0.2) is 134 Å². The van der Waals surface area contributed by atoms with Crippen LogP contribution in [0.5, 0.6) is 0 Å². The standard InChI is InChI=1S/C69H112O6/c1-4-7-10-13-16-19-22-25-28-30-31-32-33-34-35-36-37-39-41-44-47-50-53-56-59-62-68(71)74-65-66(64-73-67(70)61-58-55-52-49-46-43-40-27-24-21-18-15-12-9-6-3)75-69(72)63-60-57-54-51-48-45-42-38-29-26-23-20-17-14-11-8-5-2/h7,9-10,12,16-21,25-29,31-32,34-35,37,39-40,66H,4-6,8,11,13-15,22-24,30,33,36,38,41-65H2,1-3H3/b10-7-,12-9-,19-16-,20-17-,21-18-,28-25-,29-26-,32-31-,35-34-,39-37-,40-27-. The SMILES string of the molecule is CC/C=C\C/C=C\C/C=C\C/C=C\C/C=C\C/C=C\CCCCCCCCC(=O)OCC(COC(=O)CCCCCCC/C=C\C/C=C\C/C=C\CC)OC(=O)CCCCCCCCC/C=C\C/C=C\CCCCC. The highest BCUT2D eigenvalue weighted by Crippen LogP contribution is 2.14. The molecule has 6 heteroatoms. The Morgan fingerprint density at radius 3 is 0.813 bits per heavy atom. The second-order valence-electron chi connectivity index (χ2n) is 19.8. The van der Waals surface area contributed by atoms with E-state index in [9.17, 15) is 14.4 Å². The van der Waals surface area contributed by atoms with Crippen LogP contribution in [-0.4, -0.2) is 37.2 Å². The Kier molecular flexibility index (Phi) is 58.4. The zero-order valence-corrected chi connectivity index (χ0v) is 48.5. The molecule has 0 aliphatic heterocycles. The maximum atomic E-state index is 12.9. The monoisotopic (exact) mass is 1040 g/mol. The van der Waals surface area contributed by atoms with Crippen molar-refractivity contribution in [1.82, 2.24) is 0 Å². The second-order valence-corrected chi connectivity index (χ2v) is 19.8. The van der Waals surface area contributed by atoms with Crippen LogP contribution >= 0.6 is 0 Å². The van der Waals surface area contributed by atoms with Gasteiger partial charge in [0, 0.05) is 19.3 Å². The fourth-order valence-electron chi connectivity index (χ4n) is 8.08. The van der Waals surface area contributed by atoms with E-state index in [1.54, 1.807) is 0 Å². The van der Waals surface area contributed by atoms with Gasteiger partial charge in [0.1, 0.15) is 13.2 Å². The molecular weight excluding hydrogens is 925 g/mol. The maximum Gasteiger partial charge on any atom is 0.306 e. The van der Waals surface area contributed by atoms with E-state index in [-0.39, 0.29) is 31.1 Å². The molecule has 0 aromatic heterocycles. The zero-order valence-electron chi connectivity index (χ0n) is 48.5. The maximum absolute atomic E-state index is 12.9. The van der Waals surface area contributed by atoms with Crippen molar-refractivity contribution in [2.45, 2.75) is 271 Å². The van der Waals surface area contributed by atoms with Gasteiger partial charge in [0.05, 0.1) is 0 Å². The van der Waals surface area contributed by atoms with Crippen molar-refractivity contribution in [1.29, 1.82) is 0 Å². The highest BCUT2D eigenvalue weighted by atomic mass is 16.6. The molecule has 0 saturated carbocycles. The number of esters is 3. The molecule has 0 radical (unpaired) electrons. The smallest absolute Gasteiger partial charge is 0.306 e. The first-order valence-corrected chi connectivity index (χ1v) is 30.7.